The van der Waals surface area contributed by atoms with Gasteiger partial charge in [-0.2, -0.15) is 0 Å². The van der Waals surface area contributed by atoms with Crippen molar-refractivity contribution in [3.8, 4) is 0 Å². The number of carbonyl (C=O) groups is 1. The summed E-state index contributed by atoms with van der Waals surface area (Å²) in [4.78, 5) is 11.4. The number of rotatable bonds is 2. The molecular formula is C9H15BO. The molecule has 0 N–H and O–H groups in total. The van der Waals surface area contributed by atoms with E-state index in [1.54, 1.807) is 0 Å². The second-order valence-corrected chi connectivity index (χ2v) is 3.74. The molecule has 0 aliphatic carbocycles. The second kappa shape index (κ2) is 3.25. The van der Waals surface area contributed by atoms with E-state index in [1.807, 2.05) is 13.7 Å². The topological polar surface area (TPSA) is 17.1 Å². The zero-order chi connectivity index (χ0) is 8.43. The van der Waals surface area contributed by atoms with E-state index in [-0.39, 0.29) is 0 Å². The molecule has 0 spiro atoms. The quantitative estimate of drug-likeness (QED) is 0.435. The Kier molecular flexibility index (Phi) is 2.53. The van der Waals surface area contributed by atoms with Gasteiger partial charge in [-0.1, -0.05) is 25.1 Å². The highest BCUT2D eigenvalue weighted by Crippen LogP contribution is 2.26. The van der Waals surface area contributed by atoms with Crippen molar-refractivity contribution in [3.63, 3.8) is 0 Å². The van der Waals surface area contributed by atoms with Crippen LogP contribution in [0.4, 0.5) is 0 Å². The standard InChI is InChI=1S/C9H15BO/c1-7(2)6-8-4-5-10(3)9(8)11/h8H,1,4-6H2,2-3H3. The molecule has 0 aromatic carbocycles. The summed E-state index contributed by atoms with van der Waals surface area (Å²) in [5, 5.41) is 0. The Balaban J connectivity index is 2.49. The van der Waals surface area contributed by atoms with E-state index in [4.69, 9.17) is 0 Å². The smallest absolute Gasteiger partial charge is 0.220 e. The summed E-state index contributed by atoms with van der Waals surface area (Å²) < 4.78 is 0. The molecule has 0 aromatic rings. The van der Waals surface area contributed by atoms with E-state index in [1.165, 1.54) is 0 Å². The van der Waals surface area contributed by atoms with Gasteiger partial charge >= 0.3 is 0 Å². The van der Waals surface area contributed by atoms with Gasteiger partial charge in [-0.25, -0.2) is 0 Å². The van der Waals surface area contributed by atoms with Crippen LogP contribution >= 0.6 is 0 Å². The largest absolute Gasteiger partial charge is 0.311 e. The Bertz CT molecular complexity index is 186. The van der Waals surface area contributed by atoms with Crippen LogP contribution in [-0.2, 0) is 4.79 Å². The normalized spacial score (nSPS) is 24.4. The highest BCUT2D eigenvalue weighted by Gasteiger charge is 2.32. The van der Waals surface area contributed by atoms with Gasteiger partial charge in [-0.15, -0.1) is 6.58 Å². The predicted molar refractivity (Wildman–Crippen MR) is 49.0 cm³/mol. The molecular weight excluding hydrogens is 135 g/mol. The fourth-order valence-corrected chi connectivity index (χ4v) is 1.76. The molecule has 60 valence electrons. The Labute approximate surface area is 68.9 Å². The van der Waals surface area contributed by atoms with Crippen LogP contribution in [0, 0.1) is 5.92 Å². The Morgan fingerprint density at radius 3 is 2.82 bits per heavy atom. The van der Waals surface area contributed by atoms with Crippen molar-refractivity contribution < 1.29 is 4.79 Å². The number of hydrogen-bond acceptors (Lipinski definition) is 1. The van der Waals surface area contributed by atoms with Gasteiger partial charge in [0.1, 0.15) is 0 Å². The Hall–Kier alpha value is -0.525. The third kappa shape index (κ3) is 1.95. The first-order chi connectivity index (χ1) is 5.11. The van der Waals surface area contributed by atoms with Gasteiger partial charge in [0.25, 0.3) is 0 Å². The third-order valence-electron chi connectivity index (χ3n) is 2.43. The van der Waals surface area contributed by atoms with Crippen molar-refractivity contribution in [3.05, 3.63) is 12.2 Å². The van der Waals surface area contributed by atoms with E-state index in [0.29, 0.717) is 18.3 Å². The zero-order valence-electron chi connectivity index (χ0n) is 7.39. The van der Waals surface area contributed by atoms with Gasteiger partial charge in [0.05, 0.1) is 5.68 Å². The van der Waals surface area contributed by atoms with Crippen LogP contribution < -0.4 is 0 Å². The molecule has 11 heavy (non-hydrogen) atoms. The van der Waals surface area contributed by atoms with Crippen molar-refractivity contribution >= 4 is 12.4 Å². The lowest BCUT2D eigenvalue weighted by Gasteiger charge is -2.06. The van der Waals surface area contributed by atoms with E-state index >= 15 is 0 Å². The lowest BCUT2D eigenvalue weighted by atomic mass is 9.49. The van der Waals surface area contributed by atoms with Gasteiger partial charge < -0.3 is 4.79 Å². The molecule has 1 aliphatic rings. The summed E-state index contributed by atoms with van der Waals surface area (Å²) in [7, 11) is 0. The highest BCUT2D eigenvalue weighted by atomic mass is 16.1. The zero-order valence-corrected chi connectivity index (χ0v) is 7.39. The number of carbonyl (C=O) groups excluding carboxylic acids is 1. The van der Waals surface area contributed by atoms with Crippen LogP contribution in [0.25, 0.3) is 0 Å². The molecule has 0 aromatic heterocycles. The SMILES string of the molecule is C=C(C)CC1CCB(C)C1=O. The molecule has 0 bridgehead atoms. The van der Waals surface area contributed by atoms with Gasteiger partial charge in [-0.3, -0.25) is 0 Å². The summed E-state index contributed by atoms with van der Waals surface area (Å²) in [6.07, 6.45) is 3.06. The molecule has 1 nitrogen and oxygen atoms in total. The molecule has 1 rings (SSSR count). The molecule has 0 saturated carbocycles. The summed E-state index contributed by atoms with van der Waals surface area (Å²) in [5.41, 5.74) is 1.59. The first-order valence-electron chi connectivity index (χ1n) is 4.29. The van der Waals surface area contributed by atoms with Gasteiger partial charge in [0, 0.05) is 5.92 Å². The maximum atomic E-state index is 11.4. The van der Waals surface area contributed by atoms with Gasteiger partial charge in [-0.05, 0) is 13.3 Å². The van der Waals surface area contributed by atoms with Crippen molar-refractivity contribution in [1.29, 1.82) is 0 Å². The lowest BCUT2D eigenvalue weighted by molar-refractivity contribution is -0.115. The van der Waals surface area contributed by atoms with E-state index in [0.717, 1.165) is 24.7 Å². The molecule has 0 radical (unpaired) electrons. The van der Waals surface area contributed by atoms with Gasteiger partial charge in [0.15, 0.2) is 0 Å². The molecule has 2 heteroatoms. The first kappa shape index (κ1) is 8.57. The third-order valence-corrected chi connectivity index (χ3v) is 2.43. The maximum Gasteiger partial charge on any atom is 0.220 e. The van der Waals surface area contributed by atoms with Crippen molar-refractivity contribution in [2.45, 2.75) is 32.9 Å². The molecule has 0 amide bonds. The van der Waals surface area contributed by atoms with E-state index < -0.39 is 0 Å². The number of hydrogen-bond donors (Lipinski definition) is 0. The van der Waals surface area contributed by atoms with E-state index in [2.05, 4.69) is 6.58 Å². The summed E-state index contributed by atoms with van der Waals surface area (Å²) >= 11 is 0. The summed E-state index contributed by atoms with van der Waals surface area (Å²) in [6.45, 7) is 8.16. The molecule has 1 fully saturated rings. The first-order valence-corrected chi connectivity index (χ1v) is 4.29. The average Bonchev–Trinajstić information content (AvgIpc) is 2.18. The Morgan fingerprint density at radius 2 is 2.45 bits per heavy atom. The van der Waals surface area contributed by atoms with Crippen LogP contribution in [0.1, 0.15) is 19.8 Å². The van der Waals surface area contributed by atoms with Crippen molar-refractivity contribution in [2.75, 3.05) is 0 Å². The number of allylic oxidation sites excluding steroid dienone is 1. The van der Waals surface area contributed by atoms with Crippen LogP contribution in [0.3, 0.4) is 0 Å². The predicted octanol–water partition coefficient (Wildman–Crippen LogP) is 2.21. The van der Waals surface area contributed by atoms with Crippen LogP contribution in [0.15, 0.2) is 12.2 Å². The average molecular weight is 150 g/mol. The van der Waals surface area contributed by atoms with E-state index in [9.17, 15) is 4.79 Å². The second-order valence-electron chi connectivity index (χ2n) is 3.74. The van der Waals surface area contributed by atoms with Crippen LogP contribution in [0.2, 0.25) is 13.1 Å². The van der Waals surface area contributed by atoms with Crippen LogP contribution in [0.5, 0.6) is 0 Å². The van der Waals surface area contributed by atoms with Crippen LogP contribution in [-0.4, -0.2) is 12.4 Å². The molecule has 1 aliphatic heterocycles. The maximum absolute atomic E-state index is 11.4. The van der Waals surface area contributed by atoms with Gasteiger partial charge in [0.2, 0.25) is 6.71 Å². The lowest BCUT2D eigenvalue weighted by Crippen LogP contribution is -2.19. The van der Waals surface area contributed by atoms with Crippen molar-refractivity contribution in [2.24, 2.45) is 5.92 Å². The monoisotopic (exact) mass is 150 g/mol. The summed E-state index contributed by atoms with van der Waals surface area (Å²) in [5.74, 6) is 0.294. The molecule has 1 unspecified atom stereocenters. The van der Waals surface area contributed by atoms with Crippen molar-refractivity contribution in [1.82, 2.24) is 0 Å². The minimum Gasteiger partial charge on any atom is -0.311 e. The molecule has 1 atom stereocenters. The summed E-state index contributed by atoms with van der Waals surface area (Å²) in [6, 6.07) is 0. The minimum absolute atomic E-state index is 0.294. The molecule has 1 heterocycles. The fraction of sp³-hybridized carbons (Fsp3) is 0.667. The Morgan fingerprint density at radius 1 is 1.82 bits per heavy atom. The minimum atomic E-state index is 0.294. The highest BCUT2D eigenvalue weighted by molar-refractivity contribution is 6.90. The molecule has 1 saturated heterocycles. The fourth-order valence-electron chi connectivity index (χ4n) is 1.76.